The predicted molar refractivity (Wildman–Crippen MR) is 109 cm³/mol. The number of hydrogen-bond donors (Lipinski definition) is 0. The van der Waals surface area contributed by atoms with Crippen LogP contribution in [0.4, 0.5) is 0 Å². The zero-order valence-electron chi connectivity index (χ0n) is 17.6. The zero-order valence-corrected chi connectivity index (χ0v) is 17.6. The highest BCUT2D eigenvalue weighted by molar-refractivity contribution is 5.86. The van der Waals surface area contributed by atoms with E-state index in [0.717, 1.165) is 34.4 Å². The van der Waals surface area contributed by atoms with E-state index in [1.165, 1.54) is 6.07 Å². The topological polar surface area (TPSA) is 78.2 Å². The molecule has 1 aliphatic heterocycles. The SMILES string of the molecule is COCCOC(=O)CCc1cc2c(C)cc(=O)oc2c2c1OCN(CC(C)C)C2. The van der Waals surface area contributed by atoms with Crippen LogP contribution in [-0.4, -0.2) is 44.5 Å². The van der Waals surface area contributed by atoms with Gasteiger partial charge in [0.15, 0.2) is 0 Å². The molecule has 7 heteroatoms. The minimum Gasteiger partial charge on any atom is -0.477 e. The average molecular weight is 403 g/mol. The van der Waals surface area contributed by atoms with E-state index < -0.39 is 0 Å². The van der Waals surface area contributed by atoms with Gasteiger partial charge >= 0.3 is 11.6 Å². The second kappa shape index (κ2) is 9.41. The van der Waals surface area contributed by atoms with E-state index in [9.17, 15) is 9.59 Å². The number of rotatable bonds is 8. The maximum Gasteiger partial charge on any atom is 0.336 e. The third-order valence-corrected chi connectivity index (χ3v) is 4.91. The van der Waals surface area contributed by atoms with E-state index in [-0.39, 0.29) is 24.6 Å². The van der Waals surface area contributed by atoms with E-state index in [1.54, 1.807) is 7.11 Å². The molecular weight excluding hydrogens is 374 g/mol. The molecule has 0 spiro atoms. The van der Waals surface area contributed by atoms with Gasteiger partial charge in [0.25, 0.3) is 0 Å². The molecule has 0 unspecified atom stereocenters. The van der Waals surface area contributed by atoms with Crippen molar-refractivity contribution in [3.8, 4) is 5.75 Å². The highest BCUT2D eigenvalue weighted by atomic mass is 16.6. The number of carbonyl (C=O) groups is 1. The maximum atomic E-state index is 12.0. The Morgan fingerprint density at radius 1 is 1.28 bits per heavy atom. The first-order valence-electron chi connectivity index (χ1n) is 9.98. The minimum atomic E-state index is -0.368. The third-order valence-electron chi connectivity index (χ3n) is 4.91. The lowest BCUT2D eigenvalue weighted by molar-refractivity contribution is -0.144. The highest BCUT2D eigenvalue weighted by Gasteiger charge is 2.26. The summed E-state index contributed by atoms with van der Waals surface area (Å²) in [6.07, 6.45) is 0.739. The van der Waals surface area contributed by atoms with Crippen molar-refractivity contribution in [2.75, 3.05) is 33.6 Å². The van der Waals surface area contributed by atoms with Crippen molar-refractivity contribution in [3.63, 3.8) is 0 Å². The van der Waals surface area contributed by atoms with E-state index in [0.29, 0.717) is 37.8 Å². The Labute approximate surface area is 170 Å². The van der Waals surface area contributed by atoms with Crippen LogP contribution < -0.4 is 10.4 Å². The van der Waals surface area contributed by atoms with Gasteiger partial charge in [-0.25, -0.2) is 4.79 Å². The summed E-state index contributed by atoms with van der Waals surface area (Å²) in [5.41, 5.74) is 2.86. The molecule has 0 amide bonds. The molecule has 0 N–H and O–H groups in total. The van der Waals surface area contributed by atoms with Gasteiger partial charge < -0.3 is 18.6 Å². The van der Waals surface area contributed by atoms with Gasteiger partial charge in [0.1, 0.15) is 24.7 Å². The van der Waals surface area contributed by atoms with Crippen LogP contribution in [0.3, 0.4) is 0 Å². The Bertz CT molecular complexity index is 933. The molecule has 3 rings (SSSR count). The highest BCUT2D eigenvalue weighted by Crippen LogP contribution is 2.37. The number of carbonyl (C=O) groups excluding carboxylic acids is 1. The standard InChI is InChI=1S/C22H29NO6/c1-14(2)11-23-12-18-21(28-13-23)16(5-6-19(24)27-8-7-26-4)10-17-15(3)9-20(25)29-22(17)18/h9-10,14H,5-8,11-13H2,1-4H3. The van der Waals surface area contributed by atoms with Crippen LogP contribution in [0.1, 0.15) is 37.0 Å². The Balaban J connectivity index is 1.92. The summed E-state index contributed by atoms with van der Waals surface area (Å²) in [5, 5.41) is 0.876. The second-order valence-electron chi connectivity index (χ2n) is 7.86. The molecule has 0 atom stereocenters. The Morgan fingerprint density at radius 3 is 2.79 bits per heavy atom. The first-order valence-corrected chi connectivity index (χ1v) is 9.98. The predicted octanol–water partition coefficient (Wildman–Crippen LogP) is 3.03. The maximum absolute atomic E-state index is 12.0. The van der Waals surface area contributed by atoms with Gasteiger partial charge in [-0.15, -0.1) is 0 Å². The largest absolute Gasteiger partial charge is 0.477 e. The Kier molecular flexibility index (Phi) is 6.92. The summed E-state index contributed by atoms with van der Waals surface area (Å²) >= 11 is 0. The molecule has 0 bridgehead atoms. The molecule has 1 aromatic heterocycles. The fourth-order valence-corrected chi connectivity index (χ4v) is 3.67. The fourth-order valence-electron chi connectivity index (χ4n) is 3.67. The number of nitrogens with zero attached hydrogens (tertiary/aromatic N) is 1. The van der Waals surface area contributed by atoms with Gasteiger partial charge in [0, 0.05) is 38.1 Å². The summed E-state index contributed by atoms with van der Waals surface area (Å²) in [6, 6.07) is 3.46. The van der Waals surface area contributed by atoms with Crippen molar-refractivity contribution < 1.29 is 23.4 Å². The van der Waals surface area contributed by atoms with Gasteiger partial charge in [0.05, 0.1) is 12.2 Å². The molecule has 0 radical (unpaired) electrons. The van der Waals surface area contributed by atoms with Gasteiger partial charge in [-0.2, -0.15) is 0 Å². The van der Waals surface area contributed by atoms with Crippen LogP contribution in [0.5, 0.6) is 5.75 Å². The van der Waals surface area contributed by atoms with Crippen LogP contribution in [-0.2, 0) is 27.2 Å². The third kappa shape index (κ3) is 5.16. The Hall–Kier alpha value is -2.38. The van der Waals surface area contributed by atoms with Crippen molar-refractivity contribution in [1.29, 1.82) is 0 Å². The first kappa shape index (κ1) is 21.3. The number of fused-ring (bicyclic) bond motifs is 3. The number of hydrogen-bond acceptors (Lipinski definition) is 7. The fraction of sp³-hybridized carbons (Fsp3) is 0.545. The van der Waals surface area contributed by atoms with Crippen molar-refractivity contribution in [2.45, 2.75) is 40.2 Å². The van der Waals surface area contributed by atoms with Crippen molar-refractivity contribution in [1.82, 2.24) is 4.90 Å². The first-order chi connectivity index (χ1) is 13.9. The average Bonchev–Trinajstić information content (AvgIpc) is 2.66. The number of methoxy groups -OCH3 is 1. The molecular formula is C22H29NO6. The van der Waals surface area contributed by atoms with Gasteiger partial charge in [0.2, 0.25) is 0 Å². The lowest BCUT2D eigenvalue weighted by atomic mass is 9.97. The molecule has 0 aliphatic carbocycles. The smallest absolute Gasteiger partial charge is 0.336 e. The minimum absolute atomic E-state index is 0.246. The molecule has 2 aromatic rings. The quantitative estimate of drug-likeness (QED) is 0.381. The van der Waals surface area contributed by atoms with Gasteiger partial charge in [-0.1, -0.05) is 13.8 Å². The Morgan fingerprint density at radius 2 is 2.07 bits per heavy atom. The molecule has 0 fully saturated rings. The molecule has 29 heavy (non-hydrogen) atoms. The monoisotopic (exact) mass is 403 g/mol. The summed E-state index contributed by atoms with van der Waals surface area (Å²) in [5.74, 6) is 0.936. The van der Waals surface area contributed by atoms with Crippen LogP contribution in [0.25, 0.3) is 11.0 Å². The molecule has 2 heterocycles. The van der Waals surface area contributed by atoms with E-state index in [1.807, 2.05) is 13.0 Å². The van der Waals surface area contributed by atoms with Gasteiger partial charge in [-0.3, -0.25) is 9.69 Å². The molecule has 7 nitrogen and oxygen atoms in total. The molecule has 1 aromatic carbocycles. The van der Waals surface area contributed by atoms with E-state index in [4.69, 9.17) is 18.6 Å². The van der Waals surface area contributed by atoms with Crippen LogP contribution in [0.2, 0.25) is 0 Å². The lowest BCUT2D eigenvalue weighted by Crippen LogP contribution is -2.35. The van der Waals surface area contributed by atoms with Crippen molar-refractivity contribution in [3.05, 3.63) is 39.2 Å². The van der Waals surface area contributed by atoms with E-state index >= 15 is 0 Å². The summed E-state index contributed by atoms with van der Waals surface area (Å²) in [7, 11) is 1.57. The van der Waals surface area contributed by atoms with Crippen LogP contribution in [0.15, 0.2) is 21.3 Å². The summed E-state index contributed by atoms with van der Waals surface area (Å²) in [4.78, 5) is 26.2. The van der Waals surface area contributed by atoms with Crippen LogP contribution >= 0.6 is 0 Å². The number of aryl methyl sites for hydroxylation is 2. The normalized spacial score (nSPS) is 14.1. The van der Waals surface area contributed by atoms with Crippen molar-refractivity contribution >= 4 is 16.9 Å². The second-order valence-corrected chi connectivity index (χ2v) is 7.86. The lowest BCUT2D eigenvalue weighted by Gasteiger charge is -2.31. The molecule has 0 saturated carbocycles. The molecule has 0 saturated heterocycles. The summed E-state index contributed by atoms with van der Waals surface area (Å²) in [6.45, 7) is 8.82. The number of benzene rings is 1. The van der Waals surface area contributed by atoms with Crippen LogP contribution in [0, 0.1) is 12.8 Å². The van der Waals surface area contributed by atoms with Gasteiger partial charge in [-0.05, 0) is 36.5 Å². The zero-order chi connectivity index (χ0) is 21.0. The summed E-state index contributed by atoms with van der Waals surface area (Å²) < 4.78 is 21.7. The number of esters is 1. The number of ether oxygens (including phenoxy) is 3. The molecule has 1 aliphatic rings. The van der Waals surface area contributed by atoms with Crippen molar-refractivity contribution in [2.24, 2.45) is 5.92 Å². The molecule has 158 valence electrons. The van der Waals surface area contributed by atoms with E-state index in [2.05, 4.69) is 18.7 Å².